The minimum absolute atomic E-state index is 0.0426. The van der Waals surface area contributed by atoms with Gasteiger partial charge in [0, 0.05) is 17.5 Å². The maximum absolute atomic E-state index is 14.4. The number of rotatable bonds is 11. The van der Waals surface area contributed by atoms with Crippen molar-refractivity contribution in [1.29, 1.82) is 0 Å². The summed E-state index contributed by atoms with van der Waals surface area (Å²) in [6.45, 7) is 14.9. The van der Waals surface area contributed by atoms with Crippen LogP contribution in [0.5, 0.6) is 5.75 Å². The van der Waals surface area contributed by atoms with Crippen LogP contribution in [0.2, 0.25) is 0 Å². The summed E-state index contributed by atoms with van der Waals surface area (Å²) in [6, 6.07) is 10.7. The Hall–Kier alpha value is -4.61. The Morgan fingerprint density at radius 1 is 0.783 bits per heavy atom. The Morgan fingerprint density at radius 2 is 1.33 bits per heavy atom. The quantitative estimate of drug-likeness (QED) is 0.267. The second-order valence-corrected chi connectivity index (χ2v) is 14.0. The molecule has 5 N–H and O–H groups in total. The SMILES string of the molecule is CC(C)(C)OC(=O)NC(CC(N)=O)C(=O)N(C(C(=O)NC(Cc1ccccc1)C(=O)OC(C)(C)C)c1ccccc1O)C(C)(C)C. The molecule has 0 aromatic heterocycles. The maximum atomic E-state index is 14.4. The fourth-order valence-electron chi connectivity index (χ4n) is 4.65. The van der Waals surface area contributed by atoms with E-state index in [4.69, 9.17) is 15.2 Å². The first-order chi connectivity index (χ1) is 21.1. The predicted molar refractivity (Wildman–Crippen MR) is 172 cm³/mol. The first-order valence-electron chi connectivity index (χ1n) is 15.0. The van der Waals surface area contributed by atoms with Crippen molar-refractivity contribution < 1.29 is 38.6 Å². The minimum Gasteiger partial charge on any atom is -0.508 e. The molecular formula is C34H48N4O8. The van der Waals surface area contributed by atoms with Crippen LogP contribution >= 0.6 is 0 Å². The van der Waals surface area contributed by atoms with E-state index in [1.165, 1.54) is 12.1 Å². The van der Waals surface area contributed by atoms with Crippen molar-refractivity contribution in [3.63, 3.8) is 0 Å². The zero-order chi connectivity index (χ0) is 35.0. The highest BCUT2D eigenvalue weighted by Gasteiger charge is 2.44. The molecule has 2 aromatic carbocycles. The number of para-hydroxylation sites is 1. The summed E-state index contributed by atoms with van der Waals surface area (Å²) in [6.07, 6.45) is -1.51. The normalized spacial score (nSPS) is 13.8. The molecule has 4 amide bonds. The standard InChI is InChI=1S/C34H48N4O8/c1-32(2,3)38(29(42)23(20-26(35)40)37-31(44)46-34(7,8)9)27(22-17-13-14-18-25(22)39)28(41)36-24(30(43)45-33(4,5)6)19-21-15-11-10-12-16-21/h10-18,23-24,27,39H,19-20H2,1-9H3,(H2,35,40)(H,36,41)(H,37,44). The number of nitrogens with zero attached hydrogens (tertiary/aromatic N) is 1. The third-order valence-corrected chi connectivity index (χ3v) is 6.38. The van der Waals surface area contributed by atoms with Crippen molar-refractivity contribution in [2.24, 2.45) is 5.73 Å². The molecular weight excluding hydrogens is 592 g/mol. The number of hydrogen-bond acceptors (Lipinski definition) is 8. The fourth-order valence-corrected chi connectivity index (χ4v) is 4.65. The predicted octanol–water partition coefficient (Wildman–Crippen LogP) is 3.90. The van der Waals surface area contributed by atoms with Crippen molar-refractivity contribution in [3.05, 3.63) is 65.7 Å². The average Bonchev–Trinajstić information content (AvgIpc) is 2.88. The van der Waals surface area contributed by atoms with E-state index in [-0.39, 0.29) is 17.7 Å². The number of aromatic hydroxyl groups is 1. The number of primary amides is 1. The third-order valence-electron chi connectivity index (χ3n) is 6.38. The van der Waals surface area contributed by atoms with Gasteiger partial charge in [0.2, 0.25) is 17.7 Å². The number of nitrogens with one attached hydrogen (secondary N) is 2. The highest BCUT2D eigenvalue weighted by molar-refractivity contribution is 5.96. The zero-order valence-electron chi connectivity index (χ0n) is 28.2. The highest BCUT2D eigenvalue weighted by Crippen LogP contribution is 2.35. The zero-order valence-corrected chi connectivity index (χ0v) is 28.2. The number of carbonyl (C=O) groups excluding carboxylic acids is 5. The van der Waals surface area contributed by atoms with Gasteiger partial charge in [-0.25, -0.2) is 9.59 Å². The molecule has 252 valence electrons. The van der Waals surface area contributed by atoms with Crippen LogP contribution in [0, 0.1) is 0 Å². The average molecular weight is 641 g/mol. The van der Waals surface area contributed by atoms with Gasteiger partial charge in [0.1, 0.15) is 35.1 Å². The third kappa shape index (κ3) is 11.7. The summed E-state index contributed by atoms with van der Waals surface area (Å²) in [5.41, 5.74) is 3.32. The van der Waals surface area contributed by atoms with Crippen LogP contribution in [0.3, 0.4) is 0 Å². The van der Waals surface area contributed by atoms with Gasteiger partial charge in [-0.15, -0.1) is 0 Å². The summed E-state index contributed by atoms with van der Waals surface area (Å²) >= 11 is 0. The van der Waals surface area contributed by atoms with Gasteiger partial charge in [-0.1, -0.05) is 48.5 Å². The molecule has 12 heteroatoms. The van der Waals surface area contributed by atoms with Crippen LogP contribution in [-0.2, 0) is 35.1 Å². The van der Waals surface area contributed by atoms with E-state index in [0.29, 0.717) is 0 Å². The van der Waals surface area contributed by atoms with Gasteiger partial charge in [0.25, 0.3) is 0 Å². The Labute approximate surface area is 271 Å². The molecule has 0 aliphatic carbocycles. The van der Waals surface area contributed by atoms with Crippen LogP contribution < -0.4 is 16.4 Å². The van der Waals surface area contributed by atoms with Crippen LogP contribution in [0.25, 0.3) is 0 Å². The number of hydrogen-bond donors (Lipinski definition) is 4. The summed E-state index contributed by atoms with van der Waals surface area (Å²) in [7, 11) is 0. The van der Waals surface area contributed by atoms with Crippen molar-refractivity contribution in [1.82, 2.24) is 15.5 Å². The van der Waals surface area contributed by atoms with Gasteiger partial charge in [-0.3, -0.25) is 14.4 Å². The summed E-state index contributed by atoms with van der Waals surface area (Å²) in [4.78, 5) is 68.1. The lowest BCUT2D eigenvalue weighted by molar-refractivity contribution is -0.159. The second kappa shape index (κ2) is 15.1. The Kier molecular flexibility index (Phi) is 12.3. The summed E-state index contributed by atoms with van der Waals surface area (Å²) < 4.78 is 10.9. The Morgan fingerprint density at radius 3 is 1.83 bits per heavy atom. The number of benzene rings is 2. The van der Waals surface area contributed by atoms with Crippen LogP contribution in [0.15, 0.2) is 54.6 Å². The van der Waals surface area contributed by atoms with Gasteiger partial charge in [-0.05, 0) is 73.9 Å². The molecule has 3 atom stereocenters. The monoisotopic (exact) mass is 640 g/mol. The molecule has 2 aromatic rings. The van der Waals surface area contributed by atoms with Crippen LogP contribution in [0.1, 0.15) is 85.9 Å². The topological polar surface area (TPSA) is 177 Å². The molecule has 0 radical (unpaired) electrons. The summed E-state index contributed by atoms with van der Waals surface area (Å²) in [5, 5.41) is 16.1. The molecule has 0 saturated heterocycles. The van der Waals surface area contributed by atoms with Crippen molar-refractivity contribution >= 4 is 29.8 Å². The number of nitrogens with two attached hydrogens (primary N) is 1. The lowest BCUT2D eigenvalue weighted by Crippen LogP contribution is -2.60. The molecule has 0 bridgehead atoms. The first kappa shape index (κ1) is 37.6. The van der Waals surface area contributed by atoms with Gasteiger partial charge in [0.15, 0.2) is 0 Å². The van der Waals surface area contributed by atoms with Gasteiger partial charge in [-0.2, -0.15) is 0 Å². The number of ether oxygens (including phenoxy) is 2. The molecule has 0 spiro atoms. The maximum Gasteiger partial charge on any atom is 0.408 e. The molecule has 3 unspecified atom stereocenters. The number of carbonyl (C=O) groups is 5. The smallest absolute Gasteiger partial charge is 0.408 e. The number of esters is 1. The van der Waals surface area contributed by atoms with Crippen molar-refractivity contribution in [2.45, 2.75) is 110 Å². The number of amides is 4. The number of alkyl carbamates (subject to hydrolysis) is 1. The van der Waals surface area contributed by atoms with Gasteiger partial charge in [0.05, 0.1) is 6.42 Å². The van der Waals surface area contributed by atoms with E-state index in [9.17, 15) is 29.1 Å². The van der Waals surface area contributed by atoms with Crippen LogP contribution in [-0.4, -0.2) is 68.6 Å². The molecule has 2 rings (SSSR count). The molecule has 0 fully saturated rings. The first-order valence-corrected chi connectivity index (χ1v) is 15.0. The molecule has 0 aliphatic rings. The molecule has 0 heterocycles. The van der Waals surface area contributed by atoms with E-state index in [1.807, 2.05) is 6.07 Å². The second-order valence-electron chi connectivity index (χ2n) is 14.0. The van der Waals surface area contributed by atoms with Crippen LogP contribution in [0.4, 0.5) is 4.79 Å². The molecule has 12 nitrogen and oxygen atoms in total. The number of phenolic OH excluding ortho intramolecular Hbond substituents is 1. The van der Waals surface area contributed by atoms with Crippen molar-refractivity contribution in [2.75, 3.05) is 0 Å². The van der Waals surface area contributed by atoms with E-state index in [2.05, 4.69) is 10.6 Å². The fraction of sp³-hybridized carbons (Fsp3) is 0.500. The largest absolute Gasteiger partial charge is 0.508 e. The Bertz CT molecular complexity index is 1390. The molecule has 46 heavy (non-hydrogen) atoms. The van der Waals surface area contributed by atoms with Crippen molar-refractivity contribution in [3.8, 4) is 5.75 Å². The van der Waals surface area contributed by atoms with Gasteiger partial charge >= 0.3 is 12.1 Å². The highest BCUT2D eigenvalue weighted by atomic mass is 16.6. The molecule has 0 aliphatic heterocycles. The minimum atomic E-state index is -1.54. The lowest BCUT2D eigenvalue weighted by atomic mass is 9.94. The summed E-state index contributed by atoms with van der Waals surface area (Å²) in [5.74, 6) is -3.55. The van der Waals surface area contributed by atoms with E-state index < -0.39 is 71.1 Å². The number of phenols is 1. The van der Waals surface area contributed by atoms with E-state index in [1.54, 1.807) is 98.7 Å². The Balaban J connectivity index is 2.67. The lowest BCUT2D eigenvalue weighted by Gasteiger charge is -2.43. The van der Waals surface area contributed by atoms with E-state index in [0.717, 1.165) is 10.5 Å². The van der Waals surface area contributed by atoms with E-state index >= 15 is 0 Å². The van der Waals surface area contributed by atoms with Gasteiger partial charge < -0.3 is 35.8 Å². The molecule has 0 saturated carbocycles.